The van der Waals surface area contributed by atoms with Crippen LogP contribution in [0.1, 0.15) is 31.2 Å². The summed E-state index contributed by atoms with van der Waals surface area (Å²) in [5.74, 6) is 0. The largest absolute Gasteiger partial charge is 0.392 e. The fourth-order valence-corrected chi connectivity index (χ4v) is 5.89. The first-order chi connectivity index (χ1) is 19.6. The van der Waals surface area contributed by atoms with E-state index < -0.39 is 19.8 Å². The van der Waals surface area contributed by atoms with Gasteiger partial charge in [-0.05, 0) is 60.2 Å². The third-order valence-corrected chi connectivity index (χ3v) is 8.54. The number of hydrogen-bond acceptors (Lipinski definition) is 3. The monoisotopic (exact) mass is 578 g/mol. The Bertz CT molecular complexity index is 1410. The van der Waals surface area contributed by atoms with Crippen LogP contribution in [0.3, 0.4) is 0 Å². The minimum Gasteiger partial charge on any atom is -0.392 e. The molecule has 3 atom stereocenters. The van der Waals surface area contributed by atoms with Gasteiger partial charge in [-0.2, -0.15) is 0 Å². The number of aliphatic hydroxyl groups excluding tert-OH is 1. The lowest BCUT2D eigenvalue weighted by Gasteiger charge is -2.29. The maximum Gasteiger partial charge on any atom is 0.356 e. The van der Waals surface area contributed by atoms with E-state index in [4.69, 9.17) is 0 Å². The minimum atomic E-state index is -4.36. The number of carbonyl (C=O) groups excluding carboxylic acids is 1. The normalized spacial score (nSPS) is 21.8. The molecular weight excluding hydrogens is 542 g/mol. The molecule has 1 aliphatic heterocycles. The number of nitrogens with zero attached hydrogens (tertiary/aromatic N) is 2. The van der Waals surface area contributed by atoms with Crippen molar-refractivity contribution in [2.75, 3.05) is 18.6 Å². The van der Waals surface area contributed by atoms with Crippen molar-refractivity contribution in [1.82, 2.24) is 4.90 Å². The summed E-state index contributed by atoms with van der Waals surface area (Å²) in [5.41, 5.74) is 3.84. The second-order valence-corrected chi connectivity index (χ2v) is 11.8. The third-order valence-electron chi connectivity index (χ3n) is 7.57. The van der Waals surface area contributed by atoms with Crippen LogP contribution in [0.15, 0.2) is 109 Å². The quantitative estimate of drug-likeness (QED) is 0.235. The number of carbonyl (C=O) groups is 1. The number of allylic oxidation sites excluding steroid dienone is 8. The highest BCUT2D eigenvalue weighted by Gasteiger charge is 2.45. The Balaban J connectivity index is 1.65. The first kappa shape index (κ1) is 30.4. The number of likely N-dealkylation sites (N-methyl/N-ethyl adjacent to an activating group) is 1. The summed E-state index contributed by atoms with van der Waals surface area (Å²) in [4.78, 5) is 35.8. The van der Waals surface area contributed by atoms with E-state index in [2.05, 4.69) is 6.58 Å². The molecule has 1 saturated heterocycles. The number of hydrogen-bond donors (Lipinski definition) is 3. The zero-order chi connectivity index (χ0) is 29.6. The first-order valence-corrected chi connectivity index (χ1v) is 15.2. The lowest BCUT2D eigenvalue weighted by atomic mass is 9.92. The standard InChI is InChI=1S/C32H36FN2O5P/c1-3-24(25-16-20-29(21-17-25)41(38,39)40)14-15-26(22-36)31-30(11-7-8-23-12-18-27(33)19-13-23)34(2)32(37)35(31)28-9-5-4-6-10-28/h3-6,9-10,12-18,20-21,27,30-31,36H,1,7-8,11,19,22H2,2H3,(H2,38,39,40)/b24-14+,26-15+. The molecule has 0 radical (unpaired) electrons. The molecule has 2 aliphatic rings. The Kier molecular flexibility index (Phi) is 9.94. The molecule has 1 heterocycles. The number of para-hydroxylation sites is 1. The molecule has 0 saturated carbocycles. The average Bonchev–Trinajstić information content (AvgIpc) is 3.21. The van der Waals surface area contributed by atoms with E-state index in [1.54, 1.807) is 53.3 Å². The molecule has 2 aromatic carbocycles. The first-order valence-electron chi connectivity index (χ1n) is 13.6. The Hall–Kier alpha value is -3.55. The third kappa shape index (κ3) is 7.21. The van der Waals surface area contributed by atoms with E-state index in [0.717, 1.165) is 24.1 Å². The molecular formula is C32H36FN2O5P. The van der Waals surface area contributed by atoms with Crippen molar-refractivity contribution in [3.63, 3.8) is 0 Å². The van der Waals surface area contributed by atoms with Gasteiger partial charge in [-0.3, -0.25) is 9.46 Å². The fourth-order valence-electron chi connectivity index (χ4n) is 5.35. The van der Waals surface area contributed by atoms with Crippen molar-refractivity contribution < 1.29 is 28.6 Å². The molecule has 216 valence electrons. The number of aliphatic hydroxyl groups is 1. The van der Waals surface area contributed by atoms with E-state index in [1.165, 1.54) is 12.1 Å². The van der Waals surface area contributed by atoms with Crippen LogP contribution in [0, 0.1) is 0 Å². The fraction of sp³-hybridized carbons (Fsp3) is 0.281. The summed E-state index contributed by atoms with van der Waals surface area (Å²) in [5, 5.41) is 10.5. The number of alkyl halides is 1. The van der Waals surface area contributed by atoms with Gasteiger partial charge in [-0.15, -0.1) is 0 Å². The van der Waals surface area contributed by atoms with Gasteiger partial charge in [-0.25, -0.2) is 9.18 Å². The molecule has 0 spiro atoms. The van der Waals surface area contributed by atoms with Crippen LogP contribution < -0.4 is 10.2 Å². The van der Waals surface area contributed by atoms with Gasteiger partial charge in [0, 0.05) is 19.2 Å². The highest BCUT2D eigenvalue weighted by atomic mass is 31.2. The van der Waals surface area contributed by atoms with E-state index in [-0.39, 0.29) is 24.0 Å². The zero-order valence-corrected chi connectivity index (χ0v) is 23.9. The lowest BCUT2D eigenvalue weighted by molar-refractivity contribution is 0.214. The molecule has 7 nitrogen and oxygen atoms in total. The van der Waals surface area contributed by atoms with Crippen LogP contribution in [0.2, 0.25) is 0 Å². The van der Waals surface area contributed by atoms with Crippen molar-refractivity contribution in [2.45, 2.75) is 43.9 Å². The summed E-state index contributed by atoms with van der Waals surface area (Å²) < 4.78 is 25.0. The molecule has 3 unspecified atom stereocenters. The number of rotatable bonds is 11. The van der Waals surface area contributed by atoms with Crippen molar-refractivity contribution in [2.24, 2.45) is 0 Å². The molecule has 0 aromatic heterocycles. The van der Waals surface area contributed by atoms with Crippen molar-refractivity contribution in [3.8, 4) is 0 Å². The molecule has 1 fully saturated rings. The second kappa shape index (κ2) is 13.4. The Morgan fingerprint density at radius 3 is 2.41 bits per heavy atom. The minimum absolute atomic E-state index is 0.0749. The number of halogens is 1. The van der Waals surface area contributed by atoms with Gasteiger partial charge in [0.1, 0.15) is 6.17 Å². The van der Waals surface area contributed by atoms with Crippen molar-refractivity contribution >= 4 is 30.2 Å². The van der Waals surface area contributed by atoms with Gasteiger partial charge in [0.05, 0.1) is 24.0 Å². The predicted molar refractivity (Wildman–Crippen MR) is 162 cm³/mol. The number of urea groups is 1. The summed E-state index contributed by atoms with van der Waals surface area (Å²) in [6.07, 6.45) is 12.2. The van der Waals surface area contributed by atoms with Crippen LogP contribution in [-0.4, -0.2) is 57.7 Å². The SMILES string of the molecule is C=C/C(=C\C=C(/CO)C1C(CCCC2=CCC(F)C=C2)N(C)C(=O)N1c1ccccc1)c1ccc(P(=O)(O)O)cc1. The maximum atomic E-state index is 13.6. The zero-order valence-electron chi connectivity index (χ0n) is 23.0. The molecule has 4 rings (SSSR count). The molecule has 1 aliphatic carbocycles. The summed E-state index contributed by atoms with van der Waals surface area (Å²) in [6, 6.07) is 14.5. The van der Waals surface area contributed by atoms with E-state index in [1.807, 2.05) is 42.5 Å². The molecule has 41 heavy (non-hydrogen) atoms. The Morgan fingerprint density at radius 2 is 1.83 bits per heavy atom. The van der Waals surface area contributed by atoms with Gasteiger partial charge in [0.25, 0.3) is 0 Å². The molecule has 2 aromatic rings. The molecule has 2 amide bonds. The summed E-state index contributed by atoms with van der Waals surface area (Å²) >= 11 is 0. The van der Waals surface area contributed by atoms with E-state index in [0.29, 0.717) is 29.6 Å². The number of benzene rings is 2. The highest BCUT2D eigenvalue weighted by molar-refractivity contribution is 7.60. The molecule has 0 bridgehead atoms. The van der Waals surface area contributed by atoms with Crippen molar-refractivity contribution in [1.29, 1.82) is 0 Å². The van der Waals surface area contributed by atoms with E-state index >= 15 is 0 Å². The van der Waals surface area contributed by atoms with Crippen LogP contribution in [0.25, 0.3) is 5.57 Å². The van der Waals surface area contributed by atoms with Crippen LogP contribution in [0.5, 0.6) is 0 Å². The van der Waals surface area contributed by atoms with Gasteiger partial charge in [0.15, 0.2) is 0 Å². The van der Waals surface area contributed by atoms with Gasteiger partial charge >= 0.3 is 13.6 Å². The maximum absolute atomic E-state index is 13.6. The lowest BCUT2D eigenvalue weighted by Crippen LogP contribution is -2.39. The van der Waals surface area contributed by atoms with Gasteiger partial charge in [0.2, 0.25) is 0 Å². The van der Waals surface area contributed by atoms with Crippen LogP contribution in [0.4, 0.5) is 14.9 Å². The van der Waals surface area contributed by atoms with Gasteiger partial charge < -0.3 is 19.8 Å². The Labute approximate surface area is 240 Å². The summed E-state index contributed by atoms with van der Waals surface area (Å²) in [6.45, 7) is 3.60. The number of amides is 2. The summed E-state index contributed by atoms with van der Waals surface area (Å²) in [7, 11) is -2.58. The predicted octanol–water partition coefficient (Wildman–Crippen LogP) is 5.68. The highest BCUT2D eigenvalue weighted by Crippen LogP contribution is 2.36. The van der Waals surface area contributed by atoms with Crippen LogP contribution in [-0.2, 0) is 4.57 Å². The topological polar surface area (TPSA) is 101 Å². The van der Waals surface area contributed by atoms with Crippen LogP contribution >= 0.6 is 7.60 Å². The second-order valence-electron chi connectivity index (χ2n) is 10.2. The molecule has 3 N–H and O–H groups in total. The smallest absolute Gasteiger partial charge is 0.356 e. The number of anilines is 1. The van der Waals surface area contributed by atoms with Crippen molar-refractivity contribution in [3.05, 3.63) is 114 Å². The Morgan fingerprint density at radius 1 is 1.12 bits per heavy atom. The van der Waals surface area contributed by atoms with Gasteiger partial charge in [-0.1, -0.05) is 78.9 Å². The molecule has 9 heteroatoms. The average molecular weight is 579 g/mol. The van der Waals surface area contributed by atoms with E-state index in [9.17, 15) is 28.6 Å².